The summed E-state index contributed by atoms with van der Waals surface area (Å²) in [6.07, 6.45) is 0. The number of rotatable bonds is 1. The van der Waals surface area contributed by atoms with Crippen molar-refractivity contribution in [3.05, 3.63) is 64.2 Å². The number of halogens is 3. The summed E-state index contributed by atoms with van der Waals surface area (Å²) >= 11 is 5.64. The minimum Gasteiger partial charge on any atom is -0.322 e. The van der Waals surface area contributed by atoms with Crippen molar-refractivity contribution in [1.29, 1.82) is 5.41 Å². The number of amidine groups is 1. The zero-order valence-corrected chi connectivity index (χ0v) is 10.5. The first-order valence-corrected chi connectivity index (χ1v) is 6.04. The summed E-state index contributed by atoms with van der Waals surface area (Å²) in [6.45, 7) is 0.426. The molecule has 5 heteroatoms. The third-order valence-corrected chi connectivity index (χ3v) is 3.45. The van der Waals surface area contributed by atoms with Crippen LogP contribution in [0.2, 0.25) is 5.02 Å². The molecule has 1 aliphatic rings. The Balaban J connectivity index is 2.01. The monoisotopic (exact) mass is 278 g/mol. The molecule has 2 aromatic rings. The molecular weight excluding hydrogens is 270 g/mol. The summed E-state index contributed by atoms with van der Waals surface area (Å²) < 4.78 is 26.7. The van der Waals surface area contributed by atoms with Crippen LogP contribution in [0.4, 0.5) is 14.5 Å². The standard InChI is InChI=1S/C14H9ClF2N2/c15-12-4-3-10(6-13(12)17)19-7-8-1-2-9(16)5-11(8)14(19)18/h1-6,18H,7H2. The number of hydrogen-bond donors (Lipinski definition) is 1. The van der Waals surface area contributed by atoms with Crippen LogP contribution >= 0.6 is 11.6 Å². The Labute approximate surface area is 113 Å². The molecule has 0 atom stereocenters. The van der Waals surface area contributed by atoms with Gasteiger partial charge in [-0.2, -0.15) is 0 Å². The van der Waals surface area contributed by atoms with E-state index in [4.69, 9.17) is 17.0 Å². The smallest absolute Gasteiger partial charge is 0.143 e. The largest absolute Gasteiger partial charge is 0.322 e. The van der Waals surface area contributed by atoms with E-state index < -0.39 is 5.82 Å². The molecule has 0 saturated heterocycles. The molecule has 0 radical (unpaired) electrons. The van der Waals surface area contributed by atoms with Gasteiger partial charge in [0.25, 0.3) is 0 Å². The molecule has 0 unspecified atom stereocenters. The van der Waals surface area contributed by atoms with Gasteiger partial charge in [0.1, 0.15) is 17.5 Å². The molecule has 96 valence electrons. The topological polar surface area (TPSA) is 27.1 Å². The van der Waals surface area contributed by atoms with Gasteiger partial charge in [0.2, 0.25) is 0 Å². The highest BCUT2D eigenvalue weighted by atomic mass is 35.5. The zero-order chi connectivity index (χ0) is 13.6. The molecule has 0 saturated carbocycles. The van der Waals surface area contributed by atoms with E-state index in [0.29, 0.717) is 17.8 Å². The van der Waals surface area contributed by atoms with E-state index in [-0.39, 0.29) is 16.7 Å². The molecule has 3 rings (SSSR count). The molecule has 1 N–H and O–H groups in total. The summed E-state index contributed by atoms with van der Waals surface area (Å²) in [5, 5.41) is 8.09. The third kappa shape index (κ3) is 1.98. The lowest BCUT2D eigenvalue weighted by molar-refractivity contribution is 0.627. The van der Waals surface area contributed by atoms with Crippen molar-refractivity contribution < 1.29 is 8.78 Å². The Morgan fingerprint density at radius 3 is 2.63 bits per heavy atom. The first kappa shape index (κ1) is 12.1. The van der Waals surface area contributed by atoms with Gasteiger partial charge in [0.15, 0.2) is 0 Å². The SMILES string of the molecule is N=C1c2cc(F)ccc2CN1c1ccc(Cl)c(F)c1. The van der Waals surface area contributed by atoms with Gasteiger partial charge in [-0.1, -0.05) is 17.7 Å². The van der Waals surface area contributed by atoms with Crippen molar-refractivity contribution in [3.8, 4) is 0 Å². The van der Waals surface area contributed by atoms with Crippen molar-refractivity contribution in [2.75, 3.05) is 4.90 Å². The summed E-state index contributed by atoms with van der Waals surface area (Å²) in [5.41, 5.74) is 1.92. The van der Waals surface area contributed by atoms with Crippen LogP contribution in [-0.4, -0.2) is 5.84 Å². The highest BCUT2D eigenvalue weighted by Gasteiger charge is 2.26. The highest BCUT2D eigenvalue weighted by Crippen LogP contribution is 2.30. The average Bonchev–Trinajstić information content (AvgIpc) is 2.70. The Kier molecular flexibility index (Phi) is 2.75. The number of hydrogen-bond acceptors (Lipinski definition) is 1. The predicted octanol–water partition coefficient (Wildman–Crippen LogP) is 3.96. The van der Waals surface area contributed by atoms with Gasteiger partial charge in [0, 0.05) is 11.3 Å². The van der Waals surface area contributed by atoms with Crippen LogP contribution < -0.4 is 4.90 Å². The fourth-order valence-electron chi connectivity index (χ4n) is 2.18. The van der Waals surface area contributed by atoms with Crippen LogP contribution in [0.1, 0.15) is 11.1 Å². The Morgan fingerprint density at radius 2 is 1.89 bits per heavy atom. The van der Waals surface area contributed by atoms with Gasteiger partial charge in [-0.25, -0.2) is 8.78 Å². The molecule has 1 heterocycles. The van der Waals surface area contributed by atoms with Gasteiger partial charge in [0.05, 0.1) is 11.6 Å². The van der Waals surface area contributed by atoms with Crippen LogP contribution in [0, 0.1) is 17.0 Å². The number of nitrogens with one attached hydrogen (secondary N) is 1. The first-order chi connectivity index (χ1) is 9.06. The van der Waals surface area contributed by atoms with E-state index in [0.717, 1.165) is 5.56 Å². The fourth-order valence-corrected chi connectivity index (χ4v) is 2.29. The van der Waals surface area contributed by atoms with Crippen molar-refractivity contribution in [2.24, 2.45) is 0 Å². The molecule has 0 spiro atoms. The summed E-state index contributed by atoms with van der Waals surface area (Å²) in [7, 11) is 0. The molecule has 0 aliphatic carbocycles. The molecule has 0 aromatic heterocycles. The van der Waals surface area contributed by atoms with E-state index in [9.17, 15) is 8.78 Å². The molecule has 19 heavy (non-hydrogen) atoms. The Hall–Kier alpha value is -1.94. The maximum atomic E-state index is 13.5. The third-order valence-electron chi connectivity index (χ3n) is 3.14. The lowest BCUT2D eigenvalue weighted by Crippen LogP contribution is -2.23. The van der Waals surface area contributed by atoms with E-state index in [1.807, 2.05) is 0 Å². The second-order valence-corrected chi connectivity index (χ2v) is 4.74. The second kappa shape index (κ2) is 4.31. The maximum Gasteiger partial charge on any atom is 0.143 e. The van der Waals surface area contributed by atoms with Gasteiger partial charge in [-0.15, -0.1) is 0 Å². The van der Waals surface area contributed by atoms with Crippen LogP contribution in [0.25, 0.3) is 0 Å². The Bertz CT molecular complexity index is 685. The highest BCUT2D eigenvalue weighted by molar-refractivity contribution is 6.30. The van der Waals surface area contributed by atoms with Gasteiger partial charge >= 0.3 is 0 Å². The average molecular weight is 279 g/mol. The minimum atomic E-state index is -0.533. The first-order valence-electron chi connectivity index (χ1n) is 5.66. The molecular formula is C14H9ClF2N2. The van der Waals surface area contributed by atoms with Crippen LogP contribution in [-0.2, 0) is 6.54 Å². The lowest BCUT2D eigenvalue weighted by atomic mass is 10.1. The van der Waals surface area contributed by atoms with Crippen molar-refractivity contribution >= 4 is 23.1 Å². The lowest BCUT2D eigenvalue weighted by Gasteiger charge is -2.18. The summed E-state index contributed by atoms with van der Waals surface area (Å²) in [5.74, 6) is -0.752. The quantitative estimate of drug-likeness (QED) is 0.840. The van der Waals surface area contributed by atoms with Gasteiger partial charge < -0.3 is 4.90 Å². The molecule has 0 amide bonds. The van der Waals surface area contributed by atoms with Crippen LogP contribution in [0.5, 0.6) is 0 Å². The van der Waals surface area contributed by atoms with Crippen molar-refractivity contribution in [3.63, 3.8) is 0 Å². The Morgan fingerprint density at radius 1 is 1.11 bits per heavy atom. The normalized spacial score (nSPS) is 13.8. The van der Waals surface area contributed by atoms with Crippen LogP contribution in [0.3, 0.4) is 0 Å². The number of fused-ring (bicyclic) bond motifs is 1. The summed E-state index contributed by atoms with van der Waals surface area (Å²) in [4.78, 5) is 1.61. The molecule has 0 fully saturated rings. The van der Waals surface area contributed by atoms with E-state index >= 15 is 0 Å². The molecule has 2 aromatic carbocycles. The predicted molar refractivity (Wildman–Crippen MR) is 70.8 cm³/mol. The molecule has 0 bridgehead atoms. The van der Waals surface area contributed by atoms with E-state index in [1.54, 1.807) is 17.0 Å². The number of nitrogens with zero attached hydrogens (tertiary/aromatic N) is 1. The fraction of sp³-hybridized carbons (Fsp3) is 0.0714. The van der Waals surface area contributed by atoms with Gasteiger partial charge in [-0.05, 0) is 35.9 Å². The molecule has 2 nitrogen and oxygen atoms in total. The van der Waals surface area contributed by atoms with E-state index in [2.05, 4.69) is 0 Å². The van der Waals surface area contributed by atoms with Gasteiger partial charge in [-0.3, -0.25) is 5.41 Å². The van der Waals surface area contributed by atoms with E-state index in [1.165, 1.54) is 24.3 Å². The van der Waals surface area contributed by atoms with Crippen molar-refractivity contribution in [2.45, 2.75) is 6.54 Å². The summed E-state index contributed by atoms with van der Waals surface area (Å²) in [6, 6.07) is 8.69. The minimum absolute atomic E-state index is 0.0398. The number of benzene rings is 2. The second-order valence-electron chi connectivity index (χ2n) is 4.33. The number of anilines is 1. The maximum absolute atomic E-state index is 13.5. The zero-order valence-electron chi connectivity index (χ0n) is 9.75. The molecule has 1 aliphatic heterocycles. The van der Waals surface area contributed by atoms with Crippen molar-refractivity contribution in [1.82, 2.24) is 0 Å². The van der Waals surface area contributed by atoms with Crippen LogP contribution in [0.15, 0.2) is 36.4 Å².